The molecule has 0 N–H and O–H groups in total. The lowest BCUT2D eigenvalue weighted by Crippen LogP contribution is -2.00. The standard InChI is InChI=1S/C12H11FO2/c1-3-15-12(14)8-7-10-9(2)5-4-6-11(10)13/h4-6H,3H2,1-2H3. The zero-order valence-corrected chi connectivity index (χ0v) is 8.63. The Labute approximate surface area is 88.1 Å². The summed E-state index contributed by atoms with van der Waals surface area (Å²) in [7, 11) is 0. The molecule has 0 unspecified atom stereocenters. The summed E-state index contributed by atoms with van der Waals surface area (Å²) in [6, 6.07) is 4.64. The molecule has 15 heavy (non-hydrogen) atoms. The molecule has 0 aliphatic rings. The van der Waals surface area contributed by atoms with Gasteiger partial charge in [-0.2, -0.15) is 0 Å². The lowest BCUT2D eigenvalue weighted by atomic mass is 10.1. The molecule has 0 aromatic heterocycles. The van der Waals surface area contributed by atoms with Crippen molar-refractivity contribution in [1.29, 1.82) is 0 Å². The number of benzene rings is 1. The van der Waals surface area contributed by atoms with Crippen molar-refractivity contribution >= 4 is 5.97 Å². The Morgan fingerprint density at radius 2 is 2.27 bits per heavy atom. The Kier molecular flexibility index (Phi) is 3.87. The molecular weight excluding hydrogens is 195 g/mol. The number of carbonyl (C=O) groups excluding carboxylic acids is 1. The van der Waals surface area contributed by atoms with Crippen LogP contribution in [-0.4, -0.2) is 12.6 Å². The highest BCUT2D eigenvalue weighted by atomic mass is 19.1. The summed E-state index contributed by atoms with van der Waals surface area (Å²) in [6.45, 7) is 3.69. The average Bonchev–Trinajstić information content (AvgIpc) is 2.17. The molecule has 0 bridgehead atoms. The number of aryl methyl sites for hydroxylation is 1. The summed E-state index contributed by atoms with van der Waals surface area (Å²) in [5, 5.41) is 0. The maximum absolute atomic E-state index is 13.2. The van der Waals surface area contributed by atoms with E-state index in [2.05, 4.69) is 16.6 Å². The number of carbonyl (C=O) groups is 1. The van der Waals surface area contributed by atoms with E-state index in [9.17, 15) is 9.18 Å². The number of hydrogen-bond donors (Lipinski definition) is 0. The molecule has 0 heterocycles. The molecular formula is C12H11FO2. The number of ether oxygens (including phenoxy) is 1. The van der Waals surface area contributed by atoms with Gasteiger partial charge >= 0.3 is 5.97 Å². The monoisotopic (exact) mass is 206 g/mol. The minimum atomic E-state index is -0.639. The highest BCUT2D eigenvalue weighted by Crippen LogP contribution is 2.10. The van der Waals surface area contributed by atoms with Gasteiger partial charge in [0.25, 0.3) is 0 Å². The quantitative estimate of drug-likeness (QED) is 0.519. The Morgan fingerprint density at radius 1 is 1.53 bits per heavy atom. The fourth-order valence-corrected chi connectivity index (χ4v) is 1.07. The summed E-state index contributed by atoms with van der Waals surface area (Å²) in [6.07, 6.45) is 0. The van der Waals surface area contributed by atoms with E-state index in [1.165, 1.54) is 6.07 Å². The first-order chi connectivity index (χ1) is 7.15. The summed E-state index contributed by atoms with van der Waals surface area (Å²) in [5.74, 6) is 3.63. The third-order valence-corrected chi connectivity index (χ3v) is 1.79. The first kappa shape index (κ1) is 11.3. The number of halogens is 1. The normalized spacial score (nSPS) is 9.00. The van der Waals surface area contributed by atoms with Crippen LogP contribution in [0.4, 0.5) is 4.39 Å². The molecule has 0 aliphatic carbocycles. The van der Waals surface area contributed by atoms with Crippen LogP contribution in [0.5, 0.6) is 0 Å². The van der Waals surface area contributed by atoms with Crippen molar-refractivity contribution in [2.45, 2.75) is 13.8 Å². The van der Waals surface area contributed by atoms with Gasteiger partial charge in [-0.05, 0) is 25.5 Å². The van der Waals surface area contributed by atoms with Gasteiger partial charge in [-0.1, -0.05) is 18.1 Å². The van der Waals surface area contributed by atoms with Crippen LogP contribution in [0.1, 0.15) is 18.1 Å². The Morgan fingerprint density at radius 3 is 2.87 bits per heavy atom. The van der Waals surface area contributed by atoms with E-state index in [0.29, 0.717) is 5.56 Å². The van der Waals surface area contributed by atoms with E-state index in [0.717, 1.165) is 0 Å². The molecule has 0 saturated heterocycles. The van der Waals surface area contributed by atoms with Crippen LogP contribution in [-0.2, 0) is 9.53 Å². The molecule has 0 fully saturated rings. The van der Waals surface area contributed by atoms with Crippen LogP contribution < -0.4 is 0 Å². The van der Waals surface area contributed by atoms with Gasteiger partial charge in [0.1, 0.15) is 5.82 Å². The number of hydrogen-bond acceptors (Lipinski definition) is 2. The van der Waals surface area contributed by atoms with Crippen molar-refractivity contribution < 1.29 is 13.9 Å². The molecule has 78 valence electrons. The fraction of sp³-hybridized carbons (Fsp3) is 0.250. The maximum atomic E-state index is 13.2. The summed E-state index contributed by atoms with van der Waals surface area (Å²) < 4.78 is 17.8. The second-order valence-electron chi connectivity index (χ2n) is 2.90. The van der Waals surface area contributed by atoms with Crippen LogP contribution in [0.3, 0.4) is 0 Å². The van der Waals surface area contributed by atoms with Gasteiger partial charge in [0, 0.05) is 5.92 Å². The highest BCUT2D eigenvalue weighted by Gasteiger charge is 2.02. The van der Waals surface area contributed by atoms with Crippen molar-refractivity contribution in [2.75, 3.05) is 6.61 Å². The molecule has 1 rings (SSSR count). The lowest BCUT2D eigenvalue weighted by Gasteiger charge is -1.98. The van der Waals surface area contributed by atoms with Gasteiger partial charge in [0.2, 0.25) is 0 Å². The minimum absolute atomic E-state index is 0.241. The molecule has 0 atom stereocenters. The van der Waals surface area contributed by atoms with E-state index in [1.54, 1.807) is 26.0 Å². The first-order valence-electron chi connectivity index (χ1n) is 4.59. The molecule has 1 aromatic rings. The van der Waals surface area contributed by atoms with Crippen LogP contribution in [0.2, 0.25) is 0 Å². The smallest absolute Gasteiger partial charge is 0.384 e. The fourth-order valence-electron chi connectivity index (χ4n) is 1.07. The zero-order valence-electron chi connectivity index (χ0n) is 8.63. The van der Waals surface area contributed by atoms with E-state index in [4.69, 9.17) is 0 Å². The second-order valence-corrected chi connectivity index (χ2v) is 2.90. The van der Waals surface area contributed by atoms with E-state index < -0.39 is 11.8 Å². The van der Waals surface area contributed by atoms with Crippen molar-refractivity contribution in [2.24, 2.45) is 0 Å². The summed E-state index contributed by atoms with van der Waals surface area (Å²) in [4.78, 5) is 10.9. The third-order valence-electron chi connectivity index (χ3n) is 1.79. The predicted octanol–water partition coefficient (Wildman–Crippen LogP) is 2.05. The number of esters is 1. The van der Waals surface area contributed by atoms with Crippen molar-refractivity contribution in [1.82, 2.24) is 0 Å². The summed E-state index contributed by atoms with van der Waals surface area (Å²) >= 11 is 0. The molecule has 0 spiro atoms. The van der Waals surface area contributed by atoms with Gasteiger partial charge in [0.15, 0.2) is 0 Å². The van der Waals surface area contributed by atoms with Crippen LogP contribution in [0, 0.1) is 24.6 Å². The molecule has 0 aliphatic heterocycles. The molecule has 0 saturated carbocycles. The van der Waals surface area contributed by atoms with E-state index in [1.807, 2.05) is 0 Å². The first-order valence-corrected chi connectivity index (χ1v) is 4.59. The zero-order chi connectivity index (χ0) is 11.3. The van der Waals surface area contributed by atoms with Crippen molar-refractivity contribution in [3.05, 3.63) is 35.1 Å². The second kappa shape index (κ2) is 5.16. The Bertz CT molecular complexity index is 407. The topological polar surface area (TPSA) is 26.3 Å². The molecule has 0 amide bonds. The largest absolute Gasteiger partial charge is 0.456 e. The van der Waals surface area contributed by atoms with Crippen molar-refractivity contribution in [3.8, 4) is 11.8 Å². The summed E-state index contributed by atoms with van der Waals surface area (Å²) in [5.41, 5.74) is 0.942. The molecule has 0 radical (unpaired) electrons. The predicted molar refractivity (Wildman–Crippen MR) is 54.6 cm³/mol. The lowest BCUT2D eigenvalue weighted by molar-refractivity contribution is -0.136. The van der Waals surface area contributed by atoms with Gasteiger partial charge in [-0.25, -0.2) is 9.18 Å². The van der Waals surface area contributed by atoms with Crippen molar-refractivity contribution in [3.63, 3.8) is 0 Å². The Hall–Kier alpha value is -1.82. The molecule has 3 heteroatoms. The average molecular weight is 206 g/mol. The SMILES string of the molecule is CCOC(=O)C#Cc1c(C)cccc1F. The molecule has 2 nitrogen and oxygen atoms in total. The van der Waals surface area contributed by atoms with Gasteiger partial charge < -0.3 is 4.74 Å². The van der Waals surface area contributed by atoms with Crippen LogP contribution in [0.15, 0.2) is 18.2 Å². The van der Waals surface area contributed by atoms with E-state index >= 15 is 0 Å². The minimum Gasteiger partial charge on any atom is -0.456 e. The van der Waals surface area contributed by atoms with Crippen LogP contribution in [0.25, 0.3) is 0 Å². The van der Waals surface area contributed by atoms with Gasteiger partial charge in [-0.3, -0.25) is 0 Å². The van der Waals surface area contributed by atoms with Gasteiger partial charge in [-0.15, -0.1) is 0 Å². The molecule has 1 aromatic carbocycles. The third kappa shape index (κ3) is 3.10. The van der Waals surface area contributed by atoms with Crippen LogP contribution >= 0.6 is 0 Å². The Balaban J connectivity index is 2.93. The van der Waals surface area contributed by atoms with E-state index in [-0.39, 0.29) is 12.2 Å². The highest BCUT2D eigenvalue weighted by molar-refractivity contribution is 5.89. The maximum Gasteiger partial charge on any atom is 0.384 e. The number of rotatable bonds is 1. The van der Waals surface area contributed by atoms with Gasteiger partial charge in [0.05, 0.1) is 12.2 Å².